The Morgan fingerprint density at radius 1 is 0.773 bits per heavy atom. The molecule has 0 spiro atoms. The molecule has 0 amide bonds. The zero-order chi connectivity index (χ0) is 31.3. The molecule has 0 radical (unpaired) electrons. The molecule has 1 aliphatic rings. The maximum Gasteiger partial charge on any atom is 0.308 e. The normalized spacial score (nSPS) is 23.6. The quantitative estimate of drug-likeness (QED) is 0.161. The van der Waals surface area contributed by atoms with Crippen molar-refractivity contribution < 1.29 is 38.7 Å². The zero-order valence-electron chi connectivity index (χ0n) is 25.9. The Hall–Kier alpha value is -3.11. The molecule has 8 nitrogen and oxygen atoms in total. The van der Waals surface area contributed by atoms with Crippen LogP contribution in [0.1, 0.15) is 37.0 Å². The summed E-state index contributed by atoms with van der Waals surface area (Å²) in [5.74, 6) is -1.89. The van der Waals surface area contributed by atoms with E-state index >= 15 is 0 Å². The van der Waals surface area contributed by atoms with Crippen LogP contribution in [0.25, 0.3) is 0 Å². The van der Waals surface area contributed by atoms with Crippen molar-refractivity contribution in [1.29, 1.82) is 0 Å². The summed E-state index contributed by atoms with van der Waals surface area (Å²) in [4.78, 5) is 11.9. The summed E-state index contributed by atoms with van der Waals surface area (Å²) >= 11 is 0. The first-order chi connectivity index (χ1) is 21.4. The third kappa shape index (κ3) is 9.69. The molecule has 0 aliphatic heterocycles. The number of hydrogen-bond acceptors (Lipinski definition) is 8. The molecular formula is C36H46O8. The van der Waals surface area contributed by atoms with E-state index in [4.69, 9.17) is 23.7 Å². The van der Waals surface area contributed by atoms with E-state index in [1.165, 1.54) is 7.11 Å². The van der Waals surface area contributed by atoms with Crippen molar-refractivity contribution in [2.24, 2.45) is 23.7 Å². The molecule has 0 heterocycles. The predicted octanol–water partition coefficient (Wildman–Crippen LogP) is 5.15. The van der Waals surface area contributed by atoms with Crippen LogP contribution in [-0.2, 0) is 48.3 Å². The van der Waals surface area contributed by atoms with Crippen LogP contribution < -0.4 is 0 Å². The van der Waals surface area contributed by atoms with Gasteiger partial charge in [0.1, 0.15) is 0 Å². The number of aliphatic hydroxyl groups is 2. The Kier molecular flexibility index (Phi) is 13.4. The predicted molar refractivity (Wildman–Crippen MR) is 166 cm³/mol. The van der Waals surface area contributed by atoms with Crippen molar-refractivity contribution in [3.63, 3.8) is 0 Å². The second kappa shape index (κ2) is 17.4. The molecule has 8 unspecified atom stereocenters. The number of benzene rings is 3. The molecule has 44 heavy (non-hydrogen) atoms. The van der Waals surface area contributed by atoms with Gasteiger partial charge in [-0.3, -0.25) is 4.79 Å². The Labute approximate surface area is 260 Å². The lowest BCUT2D eigenvalue weighted by Gasteiger charge is -2.30. The fourth-order valence-corrected chi connectivity index (χ4v) is 5.85. The van der Waals surface area contributed by atoms with Crippen LogP contribution in [-0.4, -0.2) is 61.1 Å². The van der Waals surface area contributed by atoms with Gasteiger partial charge in [0.05, 0.1) is 70.3 Å². The lowest BCUT2D eigenvalue weighted by molar-refractivity contribution is -0.194. The largest absolute Gasteiger partial charge is 0.469 e. The third-order valence-electron chi connectivity index (χ3n) is 8.19. The molecule has 8 heteroatoms. The topological polar surface area (TPSA) is 104 Å². The van der Waals surface area contributed by atoms with E-state index in [1.54, 1.807) is 0 Å². The smallest absolute Gasteiger partial charge is 0.308 e. The van der Waals surface area contributed by atoms with Crippen molar-refractivity contribution in [1.82, 2.24) is 0 Å². The summed E-state index contributed by atoms with van der Waals surface area (Å²) in [5.41, 5.74) is 2.97. The highest BCUT2D eigenvalue weighted by Crippen LogP contribution is 2.40. The highest BCUT2D eigenvalue weighted by Gasteiger charge is 2.54. The summed E-state index contributed by atoms with van der Waals surface area (Å²) < 4.78 is 29.9. The highest BCUT2D eigenvalue weighted by atomic mass is 16.6. The maximum absolute atomic E-state index is 11.9. The van der Waals surface area contributed by atoms with Gasteiger partial charge in [0, 0.05) is 5.92 Å². The van der Waals surface area contributed by atoms with Crippen LogP contribution in [0.4, 0.5) is 0 Å². The summed E-state index contributed by atoms with van der Waals surface area (Å²) in [6.07, 6.45) is -3.07. The van der Waals surface area contributed by atoms with E-state index in [1.807, 2.05) is 105 Å². The van der Waals surface area contributed by atoms with E-state index in [0.29, 0.717) is 19.6 Å². The molecule has 1 fully saturated rings. The minimum Gasteiger partial charge on any atom is -0.469 e. The van der Waals surface area contributed by atoms with Gasteiger partial charge >= 0.3 is 5.97 Å². The molecule has 1 aliphatic carbocycles. The van der Waals surface area contributed by atoms with Crippen LogP contribution in [0.2, 0.25) is 0 Å². The molecule has 3 aromatic rings. The number of aliphatic hydroxyl groups excluding tert-OH is 2. The third-order valence-corrected chi connectivity index (χ3v) is 8.19. The van der Waals surface area contributed by atoms with Crippen LogP contribution in [0, 0.1) is 23.7 Å². The van der Waals surface area contributed by atoms with Gasteiger partial charge in [-0.25, -0.2) is 0 Å². The number of carbonyl (C=O) groups is 1. The molecule has 4 rings (SSSR count). The summed E-state index contributed by atoms with van der Waals surface area (Å²) in [6.45, 7) is 5.12. The Bertz CT molecular complexity index is 1220. The molecular weight excluding hydrogens is 560 g/mol. The Balaban J connectivity index is 1.52. The van der Waals surface area contributed by atoms with Gasteiger partial charge in [-0.2, -0.15) is 0 Å². The van der Waals surface area contributed by atoms with Gasteiger partial charge in [-0.15, -0.1) is 0 Å². The molecule has 3 aromatic carbocycles. The Morgan fingerprint density at radius 3 is 1.80 bits per heavy atom. The number of methoxy groups -OCH3 is 1. The second-order valence-electron chi connectivity index (χ2n) is 11.7. The lowest BCUT2D eigenvalue weighted by Crippen LogP contribution is -2.41. The van der Waals surface area contributed by atoms with Crippen molar-refractivity contribution in [3.8, 4) is 0 Å². The fraction of sp³-hybridized carbons (Fsp3) is 0.472. The maximum atomic E-state index is 11.9. The van der Waals surface area contributed by atoms with Crippen LogP contribution in [0.15, 0.2) is 91.0 Å². The standard InChI is InChI=1S/C36H46O8/c1-25(19-26(2)35(38)40-3)20-44-36(39)31-32(37)30(24-41-21-27-13-7-4-8-14-27)33(42-22-28-15-9-5-10-16-28)34(31)43-23-29-17-11-6-12-18-29/h4-18,25-26,30-34,36-37,39H,19-24H2,1-3H3. The number of esters is 1. The fourth-order valence-electron chi connectivity index (χ4n) is 5.85. The van der Waals surface area contributed by atoms with Gasteiger partial charge < -0.3 is 33.9 Å². The highest BCUT2D eigenvalue weighted by molar-refractivity contribution is 5.71. The van der Waals surface area contributed by atoms with Crippen LogP contribution in [0.5, 0.6) is 0 Å². The van der Waals surface area contributed by atoms with Gasteiger partial charge in [-0.05, 0) is 29.0 Å². The van der Waals surface area contributed by atoms with Crippen molar-refractivity contribution in [3.05, 3.63) is 108 Å². The van der Waals surface area contributed by atoms with E-state index in [-0.39, 0.29) is 37.6 Å². The van der Waals surface area contributed by atoms with Crippen molar-refractivity contribution in [2.45, 2.75) is 64.7 Å². The first-order valence-electron chi connectivity index (χ1n) is 15.4. The van der Waals surface area contributed by atoms with Crippen LogP contribution >= 0.6 is 0 Å². The van der Waals surface area contributed by atoms with Crippen molar-refractivity contribution >= 4 is 5.97 Å². The number of ether oxygens (including phenoxy) is 5. The molecule has 0 aromatic heterocycles. The van der Waals surface area contributed by atoms with E-state index < -0.39 is 36.4 Å². The van der Waals surface area contributed by atoms with E-state index in [2.05, 4.69) is 0 Å². The number of carbonyl (C=O) groups excluding carboxylic acids is 1. The van der Waals surface area contributed by atoms with Crippen LogP contribution in [0.3, 0.4) is 0 Å². The van der Waals surface area contributed by atoms with Crippen molar-refractivity contribution in [2.75, 3.05) is 20.3 Å². The van der Waals surface area contributed by atoms with Gasteiger partial charge in [0.2, 0.25) is 0 Å². The molecule has 0 saturated heterocycles. The monoisotopic (exact) mass is 606 g/mol. The van der Waals surface area contributed by atoms with E-state index in [0.717, 1.165) is 16.7 Å². The summed E-state index contributed by atoms with van der Waals surface area (Å²) in [7, 11) is 1.37. The molecule has 1 saturated carbocycles. The Morgan fingerprint density at radius 2 is 1.27 bits per heavy atom. The van der Waals surface area contributed by atoms with Gasteiger partial charge in [-0.1, -0.05) is 105 Å². The van der Waals surface area contributed by atoms with Gasteiger partial charge in [0.25, 0.3) is 0 Å². The molecule has 2 N–H and O–H groups in total. The second-order valence-corrected chi connectivity index (χ2v) is 11.7. The molecule has 238 valence electrons. The average Bonchev–Trinajstić information content (AvgIpc) is 3.32. The first kappa shape index (κ1) is 33.8. The minimum absolute atomic E-state index is 0.0314. The zero-order valence-corrected chi connectivity index (χ0v) is 25.9. The molecule has 8 atom stereocenters. The van der Waals surface area contributed by atoms with E-state index in [9.17, 15) is 15.0 Å². The average molecular weight is 607 g/mol. The lowest BCUT2D eigenvalue weighted by atomic mass is 9.97. The summed E-state index contributed by atoms with van der Waals surface area (Å²) in [5, 5.41) is 23.1. The molecule has 0 bridgehead atoms. The van der Waals surface area contributed by atoms with Gasteiger partial charge in [0.15, 0.2) is 6.29 Å². The SMILES string of the molecule is COC(=O)C(C)CC(C)COC(O)C1C(O)C(COCc2ccccc2)C(OCc2ccccc2)C1OCc1ccccc1. The summed E-state index contributed by atoms with van der Waals surface area (Å²) in [6, 6.07) is 29.4. The minimum atomic E-state index is -1.33. The number of hydrogen-bond donors (Lipinski definition) is 2. The number of rotatable bonds is 17. The first-order valence-corrected chi connectivity index (χ1v) is 15.4.